The number of rotatable bonds is 4. The van der Waals surface area contributed by atoms with Gasteiger partial charge in [0.1, 0.15) is 11.2 Å². The first-order valence-electron chi connectivity index (χ1n) is 5.91. The van der Waals surface area contributed by atoms with Crippen molar-refractivity contribution in [3.63, 3.8) is 0 Å². The van der Waals surface area contributed by atoms with Crippen molar-refractivity contribution in [1.29, 1.82) is 0 Å². The average molecular weight is 346 g/mol. The highest BCUT2D eigenvalue weighted by Gasteiger charge is 2.20. The highest BCUT2D eigenvalue weighted by Crippen LogP contribution is 2.32. The maximum atomic E-state index is 11.6. The minimum atomic E-state index is -0.719. The Kier molecular flexibility index (Phi) is 4.50. The number of nitrogens with one attached hydrogen (secondary N) is 1. The third-order valence-electron chi connectivity index (χ3n) is 2.84. The summed E-state index contributed by atoms with van der Waals surface area (Å²) in [7, 11) is 0. The van der Waals surface area contributed by atoms with Gasteiger partial charge >= 0.3 is 5.97 Å². The molecule has 0 aliphatic carbocycles. The molecule has 0 aliphatic heterocycles. The fourth-order valence-electron chi connectivity index (χ4n) is 1.98. The number of carbonyl (C=O) groups excluding carboxylic acids is 1. The SMILES string of the molecule is CCOC(=O)C(N)Cc1c(Cl)[nH]c2cccc(Br)c12. The van der Waals surface area contributed by atoms with Crippen molar-refractivity contribution in [2.45, 2.75) is 19.4 Å². The topological polar surface area (TPSA) is 68.1 Å². The summed E-state index contributed by atoms with van der Waals surface area (Å²) in [5.74, 6) is -0.417. The van der Waals surface area contributed by atoms with Gasteiger partial charge in [-0.1, -0.05) is 33.6 Å². The molecule has 102 valence electrons. The molecule has 4 nitrogen and oxygen atoms in total. The van der Waals surface area contributed by atoms with Crippen LogP contribution in [0.2, 0.25) is 5.15 Å². The van der Waals surface area contributed by atoms with Crippen LogP contribution in [0.15, 0.2) is 22.7 Å². The van der Waals surface area contributed by atoms with Gasteiger partial charge < -0.3 is 15.5 Å². The average Bonchev–Trinajstić information content (AvgIpc) is 2.67. The second kappa shape index (κ2) is 5.94. The molecule has 0 fully saturated rings. The van der Waals surface area contributed by atoms with Crippen LogP contribution in [0.3, 0.4) is 0 Å². The van der Waals surface area contributed by atoms with Crippen LogP contribution in [0.1, 0.15) is 12.5 Å². The molecule has 1 aromatic carbocycles. The van der Waals surface area contributed by atoms with Crippen LogP contribution in [-0.4, -0.2) is 23.6 Å². The normalized spacial score (nSPS) is 12.6. The van der Waals surface area contributed by atoms with Gasteiger partial charge in [0.05, 0.1) is 6.61 Å². The van der Waals surface area contributed by atoms with Crippen LogP contribution in [-0.2, 0) is 16.0 Å². The maximum absolute atomic E-state index is 11.6. The minimum Gasteiger partial charge on any atom is -0.465 e. The summed E-state index contributed by atoms with van der Waals surface area (Å²) >= 11 is 9.66. The Morgan fingerprint density at radius 2 is 2.32 bits per heavy atom. The minimum absolute atomic E-state index is 0.317. The van der Waals surface area contributed by atoms with Crippen LogP contribution < -0.4 is 5.73 Å². The van der Waals surface area contributed by atoms with Crippen LogP contribution in [0.5, 0.6) is 0 Å². The monoisotopic (exact) mass is 344 g/mol. The van der Waals surface area contributed by atoms with E-state index < -0.39 is 12.0 Å². The third-order valence-corrected chi connectivity index (χ3v) is 3.82. The lowest BCUT2D eigenvalue weighted by Crippen LogP contribution is -2.34. The molecule has 0 spiro atoms. The van der Waals surface area contributed by atoms with E-state index in [2.05, 4.69) is 20.9 Å². The predicted octanol–water partition coefficient (Wildman–Crippen LogP) is 3.02. The number of hydrogen-bond acceptors (Lipinski definition) is 3. The first-order chi connectivity index (χ1) is 9.04. The molecular weight excluding hydrogens is 332 g/mol. The van der Waals surface area contributed by atoms with Crippen LogP contribution in [0.4, 0.5) is 0 Å². The summed E-state index contributed by atoms with van der Waals surface area (Å²) in [6, 6.07) is 5.04. The molecule has 2 rings (SSSR count). The van der Waals surface area contributed by atoms with Crippen molar-refractivity contribution in [3.05, 3.63) is 33.4 Å². The third kappa shape index (κ3) is 2.94. The fraction of sp³-hybridized carbons (Fsp3) is 0.308. The summed E-state index contributed by atoms with van der Waals surface area (Å²) in [5, 5.41) is 1.45. The van der Waals surface area contributed by atoms with E-state index in [1.807, 2.05) is 18.2 Å². The van der Waals surface area contributed by atoms with E-state index in [-0.39, 0.29) is 0 Å². The van der Waals surface area contributed by atoms with Crippen LogP contribution in [0, 0.1) is 0 Å². The summed E-state index contributed by atoms with van der Waals surface area (Å²) in [5.41, 5.74) is 7.57. The number of aromatic nitrogens is 1. The van der Waals surface area contributed by atoms with Gasteiger partial charge in [-0.2, -0.15) is 0 Å². The summed E-state index contributed by atoms with van der Waals surface area (Å²) in [6.07, 6.45) is 0.334. The molecule has 1 atom stereocenters. The molecule has 1 aromatic heterocycles. The molecule has 2 aromatic rings. The molecular formula is C13H14BrClN2O2. The van der Waals surface area contributed by atoms with Crippen molar-refractivity contribution in [1.82, 2.24) is 4.98 Å². The standard InChI is InChI=1S/C13H14BrClN2O2/c1-2-19-13(18)9(16)6-7-11-8(14)4-3-5-10(11)17-12(7)15/h3-5,9,17H,2,6,16H2,1H3. The smallest absolute Gasteiger partial charge is 0.323 e. The second-order valence-electron chi connectivity index (χ2n) is 4.14. The number of benzene rings is 1. The molecule has 19 heavy (non-hydrogen) atoms. The van der Waals surface area contributed by atoms with Gasteiger partial charge in [-0.05, 0) is 24.6 Å². The highest BCUT2D eigenvalue weighted by atomic mass is 79.9. The van der Waals surface area contributed by atoms with E-state index >= 15 is 0 Å². The van der Waals surface area contributed by atoms with Gasteiger partial charge in [0, 0.05) is 21.8 Å². The first-order valence-corrected chi connectivity index (χ1v) is 7.08. The lowest BCUT2D eigenvalue weighted by molar-refractivity contribution is -0.144. The zero-order valence-electron chi connectivity index (χ0n) is 10.4. The number of aromatic amines is 1. The highest BCUT2D eigenvalue weighted by molar-refractivity contribution is 9.10. The molecule has 0 saturated carbocycles. The number of esters is 1. The molecule has 1 heterocycles. The Balaban J connectivity index is 2.35. The maximum Gasteiger partial charge on any atom is 0.323 e. The number of fused-ring (bicyclic) bond motifs is 1. The van der Waals surface area contributed by atoms with E-state index in [0.717, 1.165) is 20.9 Å². The number of carbonyl (C=O) groups is 1. The van der Waals surface area contributed by atoms with Crippen LogP contribution in [0.25, 0.3) is 10.9 Å². The Hall–Kier alpha value is -1.04. The van der Waals surface area contributed by atoms with Gasteiger partial charge in [-0.3, -0.25) is 4.79 Å². The second-order valence-corrected chi connectivity index (χ2v) is 5.37. The van der Waals surface area contributed by atoms with Crippen molar-refractivity contribution in [3.8, 4) is 0 Å². The summed E-state index contributed by atoms with van der Waals surface area (Å²) in [4.78, 5) is 14.7. The van der Waals surface area contributed by atoms with E-state index in [4.69, 9.17) is 22.1 Å². The van der Waals surface area contributed by atoms with Crippen molar-refractivity contribution in [2.75, 3.05) is 6.61 Å². The number of H-pyrrole nitrogens is 1. The molecule has 0 radical (unpaired) electrons. The number of ether oxygens (including phenoxy) is 1. The van der Waals surface area contributed by atoms with Gasteiger partial charge in [-0.15, -0.1) is 0 Å². The molecule has 0 saturated heterocycles. The Bertz CT molecular complexity index is 612. The quantitative estimate of drug-likeness (QED) is 0.837. The lowest BCUT2D eigenvalue weighted by atomic mass is 10.1. The van der Waals surface area contributed by atoms with Gasteiger partial charge in [0.15, 0.2) is 0 Å². The van der Waals surface area contributed by atoms with E-state index in [1.165, 1.54) is 0 Å². The van der Waals surface area contributed by atoms with Crippen LogP contribution >= 0.6 is 27.5 Å². The Labute approximate surface area is 124 Å². The molecule has 3 N–H and O–H groups in total. The van der Waals surface area contributed by atoms with Crippen molar-refractivity contribution >= 4 is 44.4 Å². The van der Waals surface area contributed by atoms with Crippen molar-refractivity contribution in [2.24, 2.45) is 5.73 Å². The van der Waals surface area contributed by atoms with Gasteiger partial charge in [0.2, 0.25) is 0 Å². The molecule has 6 heteroatoms. The zero-order valence-corrected chi connectivity index (χ0v) is 12.7. The Morgan fingerprint density at radius 1 is 1.58 bits per heavy atom. The van der Waals surface area contributed by atoms with Crippen molar-refractivity contribution < 1.29 is 9.53 Å². The Morgan fingerprint density at radius 3 is 3.00 bits per heavy atom. The first kappa shape index (κ1) is 14.4. The molecule has 0 bridgehead atoms. The van der Waals surface area contributed by atoms with E-state index in [1.54, 1.807) is 6.92 Å². The lowest BCUT2D eigenvalue weighted by Gasteiger charge is -2.10. The summed E-state index contributed by atoms with van der Waals surface area (Å²) < 4.78 is 5.82. The zero-order chi connectivity index (χ0) is 14.0. The van der Waals surface area contributed by atoms with Gasteiger partial charge in [0.25, 0.3) is 0 Å². The number of hydrogen-bond donors (Lipinski definition) is 2. The predicted molar refractivity (Wildman–Crippen MR) is 79.3 cm³/mol. The molecule has 1 unspecified atom stereocenters. The number of nitrogens with two attached hydrogens (primary N) is 1. The summed E-state index contributed by atoms with van der Waals surface area (Å²) in [6.45, 7) is 2.07. The van der Waals surface area contributed by atoms with E-state index in [9.17, 15) is 4.79 Å². The number of halogens is 2. The molecule has 0 amide bonds. The largest absolute Gasteiger partial charge is 0.465 e. The van der Waals surface area contributed by atoms with Gasteiger partial charge in [-0.25, -0.2) is 0 Å². The van der Waals surface area contributed by atoms with E-state index in [0.29, 0.717) is 18.2 Å². The fourth-order valence-corrected chi connectivity index (χ4v) is 2.86. The molecule has 0 aliphatic rings.